The summed E-state index contributed by atoms with van der Waals surface area (Å²) < 4.78 is 0. The van der Waals surface area contributed by atoms with Crippen molar-refractivity contribution in [3.63, 3.8) is 0 Å². The van der Waals surface area contributed by atoms with E-state index in [9.17, 15) is 4.79 Å². The molecule has 3 nitrogen and oxygen atoms in total. The molecule has 0 atom stereocenters. The summed E-state index contributed by atoms with van der Waals surface area (Å²) in [6, 6.07) is 1.98. The minimum Gasteiger partial charge on any atom is -0.395 e. The molecule has 0 saturated carbocycles. The number of hydrogen-bond donors (Lipinski definition) is 2. The Morgan fingerprint density at radius 3 is 2.89 bits per heavy atom. The fourth-order valence-electron chi connectivity index (χ4n) is 1.33. The fraction of sp³-hybridized carbons (Fsp3) is 0.533. The Kier molecular flexibility index (Phi) is 6.07. The van der Waals surface area contributed by atoms with Crippen LogP contribution in [0.5, 0.6) is 0 Å². The number of rotatable bonds is 5. The normalized spacial score (nSPS) is 10.7. The molecule has 1 rings (SSSR count). The van der Waals surface area contributed by atoms with Gasteiger partial charge in [-0.05, 0) is 12.5 Å². The van der Waals surface area contributed by atoms with Crippen LogP contribution in [-0.2, 0) is 11.3 Å². The number of aliphatic hydroxyl groups is 1. The molecule has 0 fully saturated rings. The van der Waals surface area contributed by atoms with Gasteiger partial charge in [0, 0.05) is 27.7 Å². The monoisotopic (exact) mass is 279 g/mol. The molecular weight excluding hydrogens is 258 g/mol. The maximum Gasteiger partial charge on any atom is 0.225 e. The summed E-state index contributed by atoms with van der Waals surface area (Å²) >= 11 is 1.59. The van der Waals surface area contributed by atoms with Gasteiger partial charge < -0.3 is 10.4 Å². The number of aliphatic hydroxyl groups excluding tert-OH is 1. The smallest absolute Gasteiger partial charge is 0.225 e. The lowest BCUT2D eigenvalue weighted by atomic mass is 9.89. The summed E-state index contributed by atoms with van der Waals surface area (Å²) in [6.45, 7) is 6.55. The number of carbonyl (C=O) groups is 1. The molecule has 0 spiro atoms. The van der Waals surface area contributed by atoms with E-state index in [0.29, 0.717) is 13.0 Å². The number of carbonyl (C=O) groups excluding carboxylic acids is 1. The molecule has 0 aromatic carbocycles. The van der Waals surface area contributed by atoms with E-state index in [1.807, 2.05) is 32.2 Å². The van der Waals surface area contributed by atoms with Crippen molar-refractivity contribution in [3.05, 3.63) is 21.9 Å². The van der Waals surface area contributed by atoms with E-state index in [-0.39, 0.29) is 17.9 Å². The van der Waals surface area contributed by atoms with Gasteiger partial charge in [-0.1, -0.05) is 32.6 Å². The first kappa shape index (κ1) is 15.7. The van der Waals surface area contributed by atoms with Crippen LogP contribution in [0.25, 0.3) is 0 Å². The van der Waals surface area contributed by atoms with E-state index in [1.54, 1.807) is 11.3 Å². The molecule has 1 aromatic rings. The first-order chi connectivity index (χ1) is 8.99. The predicted molar refractivity (Wildman–Crippen MR) is 78.8 cm³/mol. The molecule has 0 aliphatic carbocycles. The van der Waals surface area contributed by atoms with E-state index >= 15 is 0 Å². The van der Waals surface area contributed by atoms with Gasteiger partial charge in [0.25, 0.3) is 0 Å². The van der Waals surface area contributed by atoms with Crippen molar-refractivity contribution in [2.24, 2.45) is 5.41 Å². The first-order valence-electron chi connectivity index (χ1n) is 6.45. The average Bonchev–Trinajstić information content (AvgIpc) is 2.84. The first-order valence-corrected chi connectivity index (χ1v) is 7.33. The van der Waals surface area contributed by atoms with Crippen molar-refractivity contribution in [2.75, 3.05) is 6.61 Å². The van der Waals surface area contributed by atoms with Gasteiger partial charge in [0.1, 0.15) is 0 Å². The van der Waals surface area contributed by atoms with E-state index in [0.717, 1.165) is 16.9 Å². The molecule has 1 aromatic heterocycles. The van der Waals surface area contributed by atoms with Crippen molar-refractivity contribution >= 4 is 17.2 Å². The van der Waals surface area contributed by atoms with Gasteiger partial charge in [-0.25, -0.2) is 0 Å². The summed E-state index contributed by atoms with van der Waals surface area (Å²) in [4.78, 5) is 13.0. The number of hydrogen-bond acceptors (Lipinski definition) is 3. The third kappa shape index (κ3) is 5.06. The Morgan fingerprint density at radius 2 is 2.26 bits per heavy atom. The van der Waals surface area contributed by atoms with Crippen LogP contribution in [0.4, 0.5) is 0 Å². The van der Waals surface area contributed by atoms with Gasteiger partial charge in [0.2, 0.25) is 5.91 Å². The SMILES string of the molecule is CCC(C)(C)C(=O)NCc1cc(C#CCCO)cs1. The molecule has 0 unspecified atom stereocenters. The highest BCUT2D eigenvalue weighted by atomic mass is 32.1. The zero-order valence-electron chi connectivity index (χ0n) is 11.7. The van der Waals surface area contributed by atoms with Gasteiger partial charge >= 0.3 is 0 Å². The number of thiophene rings is 1. The fourth-order valence-corrected chi connectivity index (χ4v) is 2.08. The maximum absolute atomic E-state index is 11.9. The van der Waals surface area contributed by atoms with Crippen molar-refractivity contribution < 1.29 is 9.90 Å². The lowest BCUT2D eigenvalue weighted by molar-refractivity contribution is -0.129. The average molecular weight is 279 g/mol. The van der Waals surface area contributed by atoms with Gasteiger partial charge in [-0.15, -0.1) is 11.3 Å². The molecule has 0 aliphatic heterocycles. The van der Waals surface area contributed by atoms with Crippen LogP contribution in [-0.4, -0.2) is 17.6 Å². The van der Waals surface area contributed by atoms with Crippen molar-refractivity contribution in [1.29, 1.82) is 0 Å². The summed E-state index contributed by atoms with van der Waals surface area (Å²) in [7, 11) is 0. The molecule has 0 radical (unpaired) electrons. The summed E-state index contributed by atoms with van der Waals surface area (Å²) in [6.07, 6.45) is 1.31. The Hall–Kier alpha value is -1.31. The van der Waals surface area contributed by atoms with Crippen LogP contribution in [0, 0.1) is 17.3 Å². The number of amides is 1. The van der Waals surface area contributed by atoms with Crippen molar-refractivity contribution in [2.45, 2.75) is 40.2 Å². The maximum atomic E-state index is 11.9. The second-order valence-electron chi connectivity index (χ2n) is 5.00. The largest absolute Gasteiger partial charge is 0.395 e. The standard InChI is InChI=1S/C15H21NO2S/c1-4-15(2,3)14(18)16-10-13-9-12(11-19-13)7-5-6-8-17/h9,11,17H,4,6,8,10H2,1-3H3,(H,16,18). The van der Waals surface area contributed by atoms with Crippen LogP contribution in [0.2, 0.25) is 0 Å². The minimum absolute atomic E-state index is 0.0799. The quantitative estimate of drug-likeness (QED) is 0.814. The van der Waals surface area contributed by atoms with E-state index < -0.39 is 0 Å². The minimum atomic E-state index is -0.318. The van der Waals surface area contributed by atoms with E-state index in [4.69, 9.17) is 5.11 Å². The molecule has 1 amide bonds. The van der Waals surface area contributed by atoms with Crippen LogP contribution in [0.3, 0.4) is 0 Å². The van der Waals surface area contributed by atoms with Crippen LogP contribution in [0.1, 0.15) is 44.1 Å². The summed E-state index contributed by atoms with van der Waals surface area (Å²) in [5, 5.41) is 13.6. The third-order valence-corrected chi connectivity index (χ3v) is 3.98. The summed E-state index contributed by atoms with van der Waals surface area (Å²) in [5.41, 5.74) is 0.624. The van der Waals surface area contributed by atoms with Crippen molar-refractivity contribution in [3.8, 4) is 11.8 Å². The Bertz CT molecular complexity index is 480. The zero-order valence-corrected chi connectivity index (χ0v) is 12.6. The molecule has 19 heavy (non-hydrogen) atoms. The second kappa shape index (κ2) is 7.32. The molecular formula is C15H21NO2S. The van der Waals surface area contributed by atoms with Gasteiger partial charge in [-0.3, -0.25) is 4.79 Å². The van der Waals surface area contributed by atoms with E-state index in [2.05, 4.69) is 17.2 Å². The van der Waals surface area contributed by atoms with Crippen LogP contribution >= 0.6 is 11.3 Å². The van der Waals surface area contributed by atoms with Crippen molar-refractivity contribution in [1.82, 2.24) is 5.32 Å². The highest BCUT2D eigenvalue weighted by Crippen LogP contribution is 2.20. The molecule has 0 aliphatic rings. The van der Waals surface area contributed by atoms with Gasteiger partial charge in [-0.2, -0.15) is 0 Å². The topological polar surface area (TPSA) is 49.3 Å². The Balaban J connectivity index is 2.52. The van der Waals surface area contributed by atoms with Gasteiger partial charge in [0.05, 0.1) is 13.2 Å². The molecule has 0 saturated heterocycles. The Morgan fingerprint density at radius 1 is 1.53 bits per heavy atom. The van der Waals surface area contributed by atoms with E-state index in [1.165, 1.54) is 0 Å². The molecule has 4 heteroatoms. The lowest BCUT2D eigenvalue weighted by Crippen LogP contribution is -2.35. The molecule has 2 N–H and O–H groups in total. The predicted octanol–water partition coefficient (Wildman–Crippen LogP) is 2.53. The third-order valence-electron chi connectivity index (χ3n) is 3.05. The second-order valence-corrected chi connectivity index (χ2v) is 5.99. The van der Waals surface area contributed by atoms with Gasteiger partial charge in [0.15, 0.2) is 0 Å². The molecule has 1 heterocycles. The van der Waals surface area contributed by atoms with Crippen LogP contribution < -0.4 is 5.32 Å². The van der Waals surface area contributed by atoms with Crippen LogP contribution in [0.15, 0.2) is 11.4 Å². The highest BCUT2D eigenvalue weighted by Gasteiger charge is 2.24. The summed E-state index contributed by atoms with van der Waals surface area (Å²) in [5.74, 6) is 5.94. The Labute approximate surface area is 119 Å². The molecule has 0 bridgehead atoms. The lowest BCUT2D eigenvalue weighted by Gasteiger charge is -2.21. The molecule has 104 valence electrons. The zero-order chi connectivity index (χ0) is 14.3. The highest BCUT2D eigenvalue weighted by molar-refractivity contribution is 7.10. The number of nitrogens with one attached hydrogen (secondary N) is 1.